The average Bonchev–Trinajstić information content (AvgIpc) is 2.93. The number of nitrogens with zero attached hydrogens (tertiary/aromatic N) is 2. The van der Waals surface area contributed by atoms with Gasteiger partial charge >= 0.3 is 0 Å². The highest BCUT2D eigenvalue weighted by Gasteiger charge is 2.40. The van der Waals surface area contributed by atoms with Crippen LogP contribution in [-0.2, 0) is 4.74 Å². The first-order valence-electron chi connectivity index (χ1n) is 16.4. The summed E-state index contributed by atoms with van der Waals surface area (Å²) in [6.07, 6.45) is 11.8. The molecule has 4 rings (SSSR count). The summed E-state index contributed by atoms with van der Waals surface area (Å²) in [6.45, 7) is 30.7. The molecule has 0 radical (unpaired) electrons. The van der Waals surface area contributed by atoms with Crippen molar-refractivity contribution in [3.63, 3.8) is 0 Å². The molecule has 0 spiro atoms. The summed E-state index contributed by atoms with van der Waals surface area (Å²) < 4.78 is 12.6. The van der Waals surface area contributed by atoms with Gasteiger partial charge in [0.25, 0.3) is 0 Å². The molecule has 4 heteroatoms. The van der Waals surface area contributed by atoms with Gasteiger partial charge in [0, 0.05) is 41.2 Å². The van der Waals surface area contributed by atoms with Crippen LogP contribution < -0.4 is 15.2 Å². The van der Waals surface area contributed by atoms with E-state index in [1.54, 1.807) is 0 Å². The van der Waals surface area contributed by atoms with Crippen LogP contribution in [0.5, 0.6) is 5.75 Å². The van der Waals surface area contributed by atoms with Gasteiger partial charge in [0.05, 0.1) is 30.6 Å². The van der Waals surface area contributed by atoms with Crippen LogP contribution in [0.15, 0.2) is 66.2 Å². The van der Waals surface area contributed by atoms with Crippen molar-refractivity contribution in [3.8, 4) is 5.75 Å². The van der Waals surface area contributed by atoms with E-state index in [4.69, 9.17) is 9.47 Å². The summed E-state index contributed by atoms with van der Waals surface area (Å²) >= 11 is 0. The van der Waals surface area contributed by atoms with Crippen LogP contribution in [0.3, 0.4) is 0 Å². The molecule has 1 aliphatic carbocycles. The second kappa shape index (κ2) is 14.1. The predicted molar refractivity (Wildman–Crippen MR) is 180 cm³/mol. The lowest BCUT2D eigenvalue weighted by Crippen LogP contribution is -2.55. The lowest BCUT2D eigenvalue weighted by Gasteiger charge is -2.50. The summed E-state index contributed by atoms with van der Waals surface area (Å²) in [5, 5.41) is 2.47. The Kier molecular flexibility index (Phi) is 11.3. The maximum Gasteiger partial charge on any atom is 0.127 e. The Labute approximate surface area is 257 Å². The highest BCUT2D eigenvalue weighted by atomic mass is 16.5. The number of benzene rings is 1. The predicted octanol–water partition coefficient (Wildman–Crippen LogP) is 8.30. The molecule has 1 saturated heterocycles. The van der Waals surface area contributed by atoms with E-state index in [2.05, 4.69) is 102 Å². The standard InChI is InChI=1S/C36H52N2O2.C2H6/c1-11-18-36(19-15-20-36)24-40-31-17-14-16-28(33(31)25(4)12-2)34-30-21-26(5)29(27(6)39-13-3)22-38(30)32(23-37(34)10)35(7,8)9;1-2/h14,16-17,21-22,32H,5-6,11-13,15,18-20,23-24H2,1-4,7-10H3;1-2H3/b33-25?,34-28-;. The fraction of sp³-hybridized carbons (Fsp3) is 0.579. The number of hydrogen-bond acceptors (Lipinski definition) is 4. The molecular weight excluding hydrogens is 516 g/mol. The second-order valence-corrected chi connectivity index (χ2v) is 13.2. The Bertz CT molecular complexity index is 1320. The molecule has 0 aromatic heterocycles. The van der Waals surface area contributed by atoms with Crippen LogP contribution in [0.4, 0.5) is 0 Å². The molecule has 1 unspecified atom stereocenters. The molecule has 1 saturated carbocycles. The molecular formula is C38H58N2O2. The third-order valence-electron chi connectivity index (χ3n) is 9.20. The lowest BCUT2D eigenvalue weighted by molar-refractivity contribution is 0.0474. The van der Waals surface area contributed by atoms with Crippen molar-refractivity contribution in [2.75, 3.05) is 26.8 Å². The first-order valence-corrected chi connectivity index (χ1v) is 16.4. The van der Waals surface area contributed by atoms with Gasteiger partial charge in [-0.25, -0.2) is 0 Å². The van der Waals surface area contributed by atoms with Crippen LogP contribution in [0.25, 0.3) is 11.3 Å². The van der Waals surface area contributed by atoms with E-state index in [0.29, 0.717) is 17.8 Å². The minimum atomic E-state index is 0.0573. The maximum absolute atomic E-state index is 6.75. The van der Waals surface area contributed by atoms with Crippen LogP contribution in [0.2, 0.25) is 0 Å². The lowest BCUT2D eigenvalue weighted by atomic mass is 9.67. The van der Waals surface area contributed by atoms with Crippen LogP contribution in [0.1, 0.15) is 101 Å². The highest BCUT2D eigenvalue weighted by molar-refractivity contribution is 5.70. The van der Waals surface area contributed by atoms with E-state index in [0.717, 1.165) is 36.5 Å². The van der Waals surface area contributed by atoms with Crippen molar-refractivity contribution in [1.29, 1.82) is 0 Å². The van der Waals surface area contributed by atoms with Gasteiger partial charge in [-0.2, -0.15) is 0 Å². The zero-order valence-electron chi connectivity index (χ0n) is 28.5. The molecule has 4 nitrogen and oxygen atoms in total. The zero-order valence-corrected chi connectivity index (χ0v) is 28.5. The Morgan fingerprint density at radius 2 is 1.81 bits per heavy atom. The monoisotopic (exact) mass is 574 g/mol. The van der Waals surface area contributed by atoms with Gasteiger partial charge in [-0.15, -0.1) is 0 Å². The molecule has 232 valence electrons. The van der Waals surface area contributed by atoms with E-state index in [1.807, 2.05) is 20.8 Å². The molecule has 1 atom stereocenters. The smallest absolute Gasteiger partial charge is 0.127 e. The summed E-state index contributed by atoms with van der Waals surface area (Å²) in [6, 6.07) is 6.89. The Balaban J connectivity index is 0.00000237. The van der Waals surface area contributed by atoms with E-state index in [9.17, 15) is 0 Å². The summed E-state index contributed by atoms with van der Waals surface area (Å²) in [5.41, 5.74) is 6.06. The van der Waals surface area contributed by atoms with E-state index >= 15 is 0 Å². The SMILES string of the molecule is C=C1C=C2/C(=c3\cccc(OCC4(CCC)CCC4)c3=C(C)CC)N(C)CC(C(C)(C)C)N2C=C1C(=C)OCC.CC. The van der Waals surface area contributed by atoms with Crippen molar-refractivity contribution in [2.24, 2.45) is 10.8 Å². The molecule has 1 aromatic rings. The Morgan fingerprint density at radius 1 is 1.12 bits per heavy atom. The minimum Gasteiger partial charge on any atom is -0.494 e. The number of ether oxygens (including phenoxy) is 2. The summed E-state index contributed by atoms with van der Waals surface area (Å²) in [7, 11) is 2.23. The fourth-order valence-corrected chi connectivity index (χ4v) is 6.60. The molecule has 0 N–H and O–H groups in total. The van der Waals surface area contributed by atoms with Crippen molar-refractivity contribution in [3.05, 3.63) is 76.7 Å². The molecule has 0 bridgehead atoms. The van der Waals surface area contributed by atoms with Crippen LogP contribution in [0, 0.1) is 10.8 Å². The van der Waals surface area contributed by atoms with Crippen molar-refractivity contribution in [1.82, 2.24) is 9.80 Å². The normalized spacial score (nSPS) is 21.7. The van der Waals surface area contributed by atoms with Gasteiger partial charge < -0.3 is 19.3 Å². The molecule has 2 heterocycles. The first kappa shape index (κ1) is 33.6. The molecule has 2 fully saturated rings. The van der Waals surface area contributed by atoms with Crippen molar-refractivity contribution >= 4 is 11.3 Å². The van der Waals surface area contributed by atoms with Crippen LogP contribution >= 0.6 is 0 Å². The van der Waals surface area contributed by atoms with E-state index in [1.165, 1.54) is 59.5 Å². The number of likely N-dealkylation sites (N-methyl/N-ethyl adjacent to an activating group) is 1. The fourth-order valence-electron chi connectivity index (χ4n) is 6.60. The first-order chi connectivity index (χ1) is 20.0. The van der Waals surface area contributed by atoms with Gasteiger partial charge in [0.2, 0.25) is 0 Å². The number of hydrogen-bond donors (Lipinski definition) is 0. The van der Waals surface area contributed by atoms with Crippen molar-refractivity contribution < 1.29 is 9.47 Å². The topological polar surface area (TPSA) is 24.9 Å². The number of allylic oxidation sites excluding steroid dienone is 2. The summed E-state index contributed by atoms with van der Waals surface area (Å²) in [5.74, 6) is 1.69. The molecule has 3 aliphatic rings. The van der Waals surface area contributed by atoms with E-state index in [-0.39, 0.29) is 11.5 Å². The van der Waals surface area contributed by atoms with Gasteiger partial charge in [0.1, 0.15) is 11.5 Å². The van der Waals surface area contributed by atoms with Gasteiger partial charge in [-0.05, 0) is 62.7 Å². The Morgan fingerprint density at radius 3 is 2.36 bits per heavy atom. The average molecular weight is 575 g/mol. The molecule has 0 amide bonds. The molecule has 1 aromatic carbocycles. The molecule has 2 aliphatic heterocycles. The minimum absolute atomic E-state index is 0.0573. The van der Waals surface area contributed by atoms with Gasteiger partial charge in [0.15, 0.2) is 0 Å². The van der Waals surface area contributed by atoms with E-state index < -0.39 is 0 Å². The largest absolute Gasteiger partial charge is 0.494 e. The number of rotatable bonds is 9. The third kappa shape index (κ3) is 6.84. The quantitative estimate of drug-likeness (QED) is 0.277. The maximum atomic E-state index is 6.75. The molecule has 42 heavy (non-hydrogen) atoms. The highest BCUT2D eigenvalue weighted by Crippen LogP contribution is 2.45. The summed E-state index contributed by atoms with van der Waals surface area (Å²) in [4.78, 5) is 4.89. The van der Waals surface area contributed by atoms with Gasteiger partial charge in [-0.1, -0.05) is 92.2 Å². The number of fused-ring (bicyclic) bond motifs is 1. The van der Waals surface area contributed by atoms with Crippen molar-refractivity contribution in [2.45, 2.75) is 107 Å². The Hall–Kier alpha value is -2.88. The zero-order chi connectivity index (χ0) is 31.2. The second-order valence-electron chi connectivity index (χ2n) is 13.2. The third-order valence-corrected chi connectivity index (χ3v) is 9.20. The van der Waals surface area contributed by atoms with Crippen LogP contribution in [-0.4, -0.2) is 42.6 Å². The van der Waals surface area contributed by atoms with Gasteiger partial charge in [-0.3, -0.25) is 0 Å². The number of piperazine rings is 1.